The van der Waals surface area contributed by atoms with Crippen LogP contribution in [-0.2, 0) is 18.3 Å². The topological polar surface area (TPSA) is 34.5 Å². The normalized spacial score (nSPS) is 19.3. The van der Waals surface area contributed by atoms with E-state index in [9.17, 15) is 4.79 Å². The maximum absolute atomic E-state index is 11.7. The molecule has 1 aromatic heterocycles. The van der Waals surface area contributed by atoms with Gasteiger partial charge in [-0.3, -0.25) is 9.69 Å². The van der Waals surface area contributed by atoms with Crippen LogP contribution in [0, 0.1) is 0 Å². The highest BCUT2D eigenvalue weighted by molar-refractivity contribution is 6.30. The van der Waals surface area contributed by atoms with Gasteiger partial charge in [-0.05, 0) is 29.3 Å². The van der Waals surface area contributed by atoms with E-state index in [0.29, 0.717) is 6.61 Å². The minimum atomic E-state index is 0.0278. The third-order valence-corrected chi connectivity index (χ3v) is 4.22. The average molecular weight is 319 g/mol. The summed E-state index contributed by atoms with van der Waals surface area (Å²) in [5.74, 6) is 0. The summed E-state index contributed by atoms with van der Waals surface area (Å²) in [5, 5.41) is 0.733. The van der Waals surface area contributed by atoms with Crippen LogP contribution in [0.5, 0.6) is 0 Å². The number of rotatable bonds is 3. The lowest BCUT2D eigenvalue weighted by atomic mass is 10.1. The van der Waals surface area contributed by atoms with Gasteiger partial charge in [-0.2, -0.15) is 0 Å². The van der Waals surface area contributed by atoms with Crippen molar-refractivity contribution in [1.82, 2.24) is 9.47 Å². The Labute approximate surface area is 134 Å². The SMILES string of the molecule is Cn1ccc(CN2CCOC(c3ccc(Cl)cc3)C2)cc1=O. The Bertz CT molecular complexity index is 697. The zero-order valence-corrected chi connectivity index (χ0v) is 13.3. The van der Waals surface area contributed by atoms with Crippen molar-refractivity contribution in [3.05, 3.63) is 69.1 Å². The van der Waals surface area contributed by atoms with Gasteiger partial charge in [0, 0.05) is 44.0 Å². The zero-order chi connectivity index (χ0) is 15.5. The molecule has 0 saturated carbocycles. The Morgan fingerprint density at radius 2 is 2.05 bits per heavy atom. The summed E-state index contributed by atoms with van der Waals surface area (Å²) in [7, 11) is 1.76. The summed E-state index contributed by atoms with van der Waals surface area (Å²) < 4.78 is 7.45. The van der Waals surface area contributed by atoms with Gasteiger partial charge in [0.2, 0.25) is 0 Å². The number of ether oxygens (including phenoxy) is 1. The molecule has 0 spiro atoms. The van der Waals surface area contributed by atoms with Crippen LogP contribution >= 0.6 is 11.6 Å². The molecule has 22 heavy (non-hydrogen) atoms. The lowest BCUT2D eigenvalue weighted by molar-refractivity contribution is -0.0329. The first-order valence-corrected chi connectivity index (χ1v) is 7.74. The summed E-state index contributed by atoms with van der Waals surface area (Å²) in [6.07, 6.45) is 1.87. The van der Waals surface area contributed by atoms with E-state index in [1.165, 1.54) is 0 Å². The maximum atomic E-state index is 11.7. The molecule has 3 rings (SSSR count). The van der Waals surface area contributed by atoms with Crippen molar-refractivity contribution in [2.24, 2.45) is 7.05 Å². The average Bonchev–Trinajstić information content (AvgIpc) is 2.52. The lowest BCUT2D eigenvalue weighted by Gasteiger charge is -2.33. The van der Waals surface area contributed by atoms with E-state index in [1.807, 2.05) is 36.5 Å². The third kappa shape index (κ3) is 3.58. The van der Waals surface area contributed by atoms with Gasteiger partial charge in [-0.1, -0.05) is 23.7 Å². The molecule has 1 atom stereocenters. The minimum absolute atomic E-state index is 0.0278. The van der Waals surface area contributed by atoms with Crippen molar-refractivity contribution in [3.63, 3.8) is 0 Å². The number of hydrogen-bond acceptors (Lipinski definition) is 3. The van der Waals surface area contributed by atoms with Crippen molar-refractivity contribution in [2.75, 3.05) is 19.7 Å². The highest BCUT2D eigenvalue weighted by Crippen LogP contribution is 2.24. The van der Waals surface area contributed by atoms with Crippen molar-refractivity contribution >= 4 is 11.6 Å². The smallest absolute Gasteiger partial charge is 0.250 e. The Morgan fingerprint density at radius 3 is 2.77 bits per heavy atom. The van der Waals surface area contributed by atoms with E-state index >= 15 is 0 Å². The fraction of sp³-hybridized carbons (Fsp3) is 0.353. The van der Waals surface area contributed by atoms with Gasteiger partial charge < -0.3 is 9.30 Å². The number of aryl methyl sites for hydroxylation is 1. The summed E-state index contributed by atoms with van der Waals surface area (Å²) >= 11 is 5.93. The van der Waals surface area contributed by atoms with Crippen LogP contribution in [0.1, 0.15) is 17.2 Å². The molecule has 116 valence electrons. The molecule has 0 amide bonds. The monoisotopic (exact) mass is 318 g/mol. The number of nitrogens with zero attached hydrogens (tertiary/aromatic N) is 2. The maximum Gasteiger partial charge on any atom is 0.250 e. The van der Waals surface area contributed by atoms with Crippen LogP contribution in [0.15, 0.2) is 47.4 Å². The molecule has 1 fully saturated rings. The fourth-order valence-electron chi connectivity index (χ4n) is 2.67. The second kappa shape index (κ2) is 6.65. The summed E-state index contributed by atoms with van der Waals surface area (Å²) in [4.78, 5) is 14.0. The predicted octanol–water partition coefficient (Wildman–Crippen LogP) is 2.61. The Balaban J connectivity index is 1.68. The summed E-state index contributed by atoms with van der Waals surface area (Å²) in [6, 6.07) is 11.5. The lowest BCUT2D eigenvalue weighted by Crippen LogP contribution is -2.38. The van der Waals surface area contributed by atoms with Crippen LogP contribution in [-0.4, -0.2) is 29.2 Å². The molecule has 2 heterocycles. The van der Waals surface area contributed by atoms with Gasteiger partial charge in [-0.15, -0.1) is 0 Å². The first-order valence-electron chi connectivity index (χ1n) is 7.37. The van der Waals surface area contributed by atoms with Crippen LogP contribution < -0.4 is 5.56 Å². The van der Waals surface area contributed by atoms with Gasteiger partial charge in [-0.25, -0.2) is 0 Å². The number of pyridine rings is 1. The number of hydrogen-bond donors (Lipinski definition) is 0. The summed E-state index contributed by atoms with van der Waals surface area (Å²) in [5.41, 5.74) is 2.21. The molecule has 0 N–H and O–H groups in total. The highest BCUT2D eigenvalue weighted by atomic mass is 35.5. The van der Waals surface area contributed by atoms with Gasteiger partial charge in [0.15, 0.2) is 0 Å². The van der Waals surface area contributed by atoms with Crippen LogP contribution in [0.4, 0.5) is 0 Å². The first-order chi connectivity index (χ1) is 10.6. The third-order valence-electron chi connectivity index (χ3n) is 3.97. The Hall–Kier alpha value is -1.62. The van der Waals surface area contributed by atoms with E-state index in [4.69, 9.17) is 16.3 Å². The second-order valence-electron chi connectivity index (χ2n) is 5.63. The fourth-order valence-corrected chi connectivity index (χ4v) is 2.80. The van der Waals surface area contributed by atoms with Crippen molar-refractivity contribution in [3.8, 4) is 0 Å². The van der Waals surface area contributed by atoms with E-state index in [0.717, 1.165) is 35.8 Å². The van der Waals surface area contributed by atoms with Gasteiger partial charge in [0.25, 0.3) is 5.56 Å². The molecule has 0 radical (unpaired) electrons. The Morgan fingerprint density at radius 1 is 1.27 bits per heavy atom. The highest BCUT2D eigenvalue weighted by Gasteiger charge is 2.22. The Kier molecular flexibility index (Phi) is 4.62. The molecule has 4 nitrogen and oxygen atoms in total. The first kappa shape index (κ1) is 15.3. The molecule has 0 aliphatic carbocycles. The number of aromatic nitrogens is 1. The van der Waals surface area contributed by atoms with E-state index in [1.54, 1.807) is 17.7 Å². The molecular formula is C17H19ClN2O2. The van der Waals surface area contributed by atoms with Crippen molar-refractivity contribution in [2.45, 2.75) is 12.6 Å². The van der Waals surface area contributed by atoms with Gasteiger partial charge in [0.05, 0.1) is 12.7 Å². The predicted molar refractivity (Wildman–Crippen MR) is 87.1 cm³/mol. The van der Waals surface area contributed by atoms with E-state index in [2.05, 4.69) is 4.90 Å². The number of morpholine rings is 1. The molecule has 1 unspecified atom stereocenters. The minimum Gasteiger partial charge on any atom is -0.371 e. The molecule has 0 bridgehead atoms. The second-order valence-corrected chi connectivity index (χ2v) is 6.07. The largest absolute Gasteiger partial charge is 0.371 e. The molecule has 1 saturated heterocycles. The number of benzene rings is 1. The van der Waals surface area contributed by atoms with Gasteiger partial charge in [0.1, 0.15) is 0 Å². The molecule has 1 aromatic carbocycles. The van der Waals surface area contributed by atoms with Crippen molar-refractivity contribution < 1.29 is 4.74 Å². The molecular weight excluding hydrogens is 300 g/mol. The van der Waals surface area contributed by atoms with Crippen molar-refractivity contribution in [1.29, 1.82) is 0 Å². The van der Waals surface area contributed by atoms with Crippen LogP contribution in [0.2, 0.25) is 5.02 Å². The number of halogens is 1. The van der Waals surface area contributed by atoms with Gasteiger partial charge >= 0.3 is 0 Å². The molecule has 1 aliphatic heterocycles. The molecule has 5 heteroatoms. The summed E-state index contributed by atoms with van der Waals surface area (Å²) in [6.45, 7) is 3.15. The van der Waals surface area contributed by atoms with E-state index in [-0.39, 0.29) is 11.7 Å². The van der Waals surface area contributed by atoms with E-state index < -0.39 is 0 Å². The van der Waals surface area contributed by atoms with Crippen LogP contribution in [0.3, 0.4) is 0 Å². The zero-order valence-electron chi connectivity index (χ0n) is 12.5. The van der Waals surface area contributed by atoms with Crippen LogP contribution in [0.25, 0.3) is 0 Å². The molecule has 2 aromatic rings. The molecule has 1 aliphatic rings. The quantitative estimate of drug-likeness (QED) is 0.872. The standard InChI is InChI=1S/C17H19ClN2O2/c1-19-7-6-13(10-17(19)21)11-20-8-9-22-16(12-20)14-2-4-15(18)5-3-14/h2-7,10,16H,8-9,11-12H2,1H3.